The van der Waals surface area contributed by atoms with E-state index in [2.05, 4.69) is 13.8 Å². The monoisotopic (exact) mass is 197 g/mol. The van der Waals surface area contributed by atoms with E-state index in [4.69, 9.17) is 0 Å². The van der Waals surface area contributed by atoms with E-state index in [9.17, 15) is 9.59 Å². The zero-order valence-corrected chi connectivity index (χ0v) is 9.08. The number of amides is 2. The quantitative estimate of drug-likeness (QED) is 0.633. The van der Waals surface area contributed by atoms with Crippen LogP contribution in [0.5, 0.6) is 0 Å². The summed E-state index contributed by atoms with van der Waals surface area (Å²) in [5, 5.41) is 0. The summed E-state index contributed by atoms with van der Waals surface area (Å²) >= 11 is 0. The molecule has 0 aliphatic carbocycles. The first-order valence-electron chi connectivity index (χ1n) is 5.55. The van der Waals surface area contributed by atoms with Crippen molar-refractivity contribution in [2.24, 2.45) is 0 Å². The highest BCUT2D eigenvalue weighted by molar-refractivity contribution is 6.02. The van der Waals surface area contributed by atoms with Crippen LogP contribution in [0.1, 0.15) is 52.4 Å². The average Bonchev–Trinajstić information content (AvgIpc) is 2.46. The summed E-state index contributed by atoms with van der Waals surface area (Å²) in [6, 6.07) is 0.160. The largest absolute Gasteiger partial charge is 0.280 e. The van der Waals surface area contributed by atoms with E-state index in [-0.39, 0.29) is 17.9 Å². The van der Waals surface area contributed by atoms with Gasteiger partial charge in [-0.05, 0) is 12.8 Å². The Morgan fingerprint density at radius 2 is 1.50 bits per heavy atom. The summed E-state index contributed by atoms with van der Waals surface area (Å²) in [7, 11) is 0. The van der Waals surface area contributed by atoms with Crippen molar-refractivity contribution in [1.82, 2.24) is 4.90 Å². The maximum atomic E-state index is 11.5. The number of likely N-dealkylation sites (tertiary alicyclic amines) is 1. The van der Waals surface area contributed by atoms with Gasteiger partial charge in [0.25, 0.3) is 0 Å². The second-order valence-electron chi connectivity index (χ2n) is 3.89. The number of rotatable bonds is 5. The van der Waals surface area contributed by atoms with Gasteiger partial charge in [0, 0.05) is 18.9 Å². The normalized spacial score (nSPS) is 17.2. The molecule has 80 valence electrons. The van der Waals surface area contributed by atoms with Gasteiger partial charge in [0.2, 0.25) is 11.8 Å². The average molecular weight is 197 g/mol. The minimum atomic E-state index is 0.0295. The highest BCUT2D eigenvalue weighted by Crippen LogP contribution is 2.21. The van der Waals surface area contributed by atoms with Gasteiger partial charge in [0.05, 0.1) is 0 Å². The Balaban J connectivity index is 2.65. The number of hydrogen-bond acceptors (Lipinski definition) is 2. The van der Waals surface area contributed by atoms with Crippen LogP contribution in [0, 0.1) is 0 Å². The van der Waals surface area contributed by atoms with Gasteiger partial charge in [0.15, 0.2) is 0 Å². The molecule has 1 aliphatic rings. The zero-order valence-electron chi connectivity index (χ0n) is 9.08. The second kappa shape index (κ2) is 5.13. The minimum Gasteiger partial charge on any atom is -0.280 e. The molecular weight excluding hydrogens is 178 g/mol. The molecule has 14 heavy (non-hydrogen) atoms. The zero-order chi connectivity index (χ0) is 10.6. The van der Waals surface area contributed by atoms with Crippen molar-refractivity contribution in [3.8, 4) is 0 Å². The first kappa shape index (κ1) is 11.2. The van der Waals surface area contributed by atoms with Gasteiger partial charge in [-0.25, -0.2) is 0 Å². The molecule has 1 heterocycles. The maximum absolute atomic E-state index is 11.5. The highest BCUT2D eigenvalue weighted by Gasteiger charge is 2.33. The molecule has 3 nitrogen and oxygen atoms in total. The molecule has 0 aromatic carbocycles. The number of carbonyl (C=O) groups excluding carboxylic acids is 2. The lowest BCUT2D eigenvalue weighted by Gasteiger charge is -2.25. The molecule has 0 aromatic rings. The predicted molar refractivity (Wildman–Crippen MR) is 54.7 cm³/mol. The van der Waals surface area contributed by atoms with Crippen LogP contribution in [0.15, 0.2) is 0 Å². The standard InChI is InChI=1S/C11H19NO2/c1-3-5-9(6-4-2)12-10(13)7-8-11(12)14/h9H,3-8H2,1-2H3. The van der Waals surface area contributed by atoms with Crippen molar-refractivity contribution in [1.29, 1.82) is 0 Å². The Morgan fingerprint density at radius 3 is 1.86 bits per heavy atom. The fraction of sp³-hybridized carbons (Fsp3) is 0.818. The lowest BCUT2D eigenvalue weighted by atomic mass is 10.1. The second-order valence-corrected chi connectivity index (χ2v) is 3.89. The topological polar surface area (TPSA) is 37.4 Å². The molecule has 1 aliphatic heterocycles. The van der Waals surface area contributed by atoms with Crippen molar-refractivity contribution < 1.29 is 9.59 Å². The summed E-state index contributed by atoms with van der Waals surface area (Å²) in [6.45, 7) is 4.18. The van der Waals surface area contributed by atoms with E-state index in [1.54, 1.807) is 0 Å². The molecule has 1 fully saturated rings. The maximum Gasteiger partial charge on any atom is 0.229 e. The molecular formula is C11H19NO2. The van der Waals surface area contributed by atoms with Crippen LogP contribution in [0.25, 0.3) is 0 Å². The van der Waals surface area contributed by atoms with Crippen molar-refractivity contribution in [3.63, 3.8) is 0 Å². The van der Waals surface area contributed by atoms with Gasteiger partial charge in [-0.15, -0.1) is 0 Å². The van der Waals surface area contributed by atoms with E-state index >= 15 is 0 Å². The van der Waals surface area contributed by atoms with E-state index in [0.717, 1.165) is 25.7 Å². The van der Waals surface area contributed by atoms with E-state index in [0.29, 0.717) is 12.8 Å². The predicted octanol–water partition coefficient (Wildman–Crippen LogP) is 2.10. The Morgan fingerprint density at radius 1 is 1.07 bits per heavy atom. The number of hydrogen-bond donors (Lipinski definition) is 0. The molecule has 0 bridgehead atoms. The van der Waals surface area contributed by atoms with Gasteiger partial charge in [-0.1, -0.05) is 26.7 Å². The third-order valence-corrected chi connectivity index (χ3v) is 2.70. The minimum absolute atomic E-state index is 0.0295. The van der Waals surface area contributed by atoms with Crippen molar-refractivity contribution >= 4 is 11.8 Å². The summed E-state index contributed by atoms with van der Waals surface area (Å²) < 4.78 is 0. The molecule has 0 N–H and O–H groups in total. The Hall–Kier alpha value is -0.860. The number of imide groups is 1. The van der Waals surface area contributed by atoms with Crippen LogP contribution >= 0.6 is 0 Å². The summed E-state index contributed by atoms with van der Waals surface area (Å²) in [6.07, 6.45) is 4.80. The van der Waals surface area contributed by atoms with Gasteiger partial charge in [-0.3, -0.25) is 14.5 Å². The molecule has 0 atom stereocenters. The number of carbonyl (C=O) groups is 2. The van der Waals surface area contributed by atoms with Crippen molar-refractivity contribution in [2.75, 3.05) is 0 Å². The van der Waals surface area contributed by atoms with Crippen molar-refractivity contribution in [3.05, 3.63) is 0 Å². The fourth-order valence-electron chi connectivity index (χ4n) is 2.07. The van der Waals surface area contributed by atoms with Crippen LogP contribution in [0.3, 0.4) is 0 Å². The fourth-order valence-corrected chi connectivity index (χ4v) is 2.07. The van der Waals surface area contributed by atoms with Crippen LogP contribution in [-0.2, 0) is 9.59 Å². The van der Waals surface area contributed by atoms with E-state index in [1.165, 1.54) is 4.90 Å². The molecule has 0 saturated carbocycles. The summed E-state index contributed by atoms with van der Waals surface area (Å²) in [4.78, 5) is 24.5. The lowest BCUT2D eigenvalue weighted by Crippen LogP contribution is -2.39. The molecule has 0 unspecified atom stereocenters. The Bertz CT molecular complexity index is 203. The third-order valence-electron chi connectivity index (χ3n) is 2.70. The van der Waals surface area contributed by atoms with Gasteiger partial charge < -0.3 is 0 Å². The van der Waals surface area contributed by atoms with Crippen LogP contribution in [0.4, 0.5) is 0 Å². The van der Waals surface area contributed by atoms with Crippen LogP contribution in [-0.4, -0.2) is 22.8 Å². The SMILES string of the molecule is CCCC(CCC)N1C(=O)CCC1=O. The van der Waals surface area contributed by atoms with Gasteiger partial charge in [0.1, 0.15) is 0 Å². The molecule has 2 amide bonds. The van der Waals surface area contributed by atoms with E-state index in [1.807, 2.05) is 0 Å². The number of nitrogens with zero attached hydrogens (tertiary/aromatic N) is 1. The first-order chi connectivity index (χ1) is 6.70. The molecule has 1 rings (SSSR count). The first-order valence-corrected chi connectivity index (χ1v) is 5.55. The molecule has 1 saturated heterocycles. The van der Waals surface area contributed by atoms with Crippen LogP contribution < -0.4 is 0 Å². The highest BCUT2D eigenvalue weighted by atomic mass is 16.2. The third kappa shape index (κ3) is 2.34. The summed E-state index contributed by atoms with van der Waals surface area (Å²) in [5.41, 5.74) is 0. The summed E-state index contributed by atoms with van der Waals surface area (Å²) in [5.74, 6) is 0.0591. The van der Waals surface area contributed by atoms with Gasteiger partial charge in [-0.2, -0.15) is 0 Å². The Labute approximate surface area is 85.5 Å². The molecule has 3 heteroatoms. The van der Waals surface area contributed by atoms with Gasteiger partial charge >= 0.3 is 0 Å². The smallest absolute Gasteiger partial charge is 0.229 e. The van der Waals surface area contributed by atoms with Crippen molar-refractivity contribution in [2.45, 2.75) is 58.4 Å². The van der Waals surface area contributed by atoms with E-state index < -0.39 is 0 Å². The molecule has 0 aromatic heterocycles. The molecule has 0 radical (unpaired) electrons. The molecule has 0 spiro atoms. The Kier molecular flexibility index (Phi) is 4.11. The van der Waals surface area contributed by atoms with Crippen LogP contribution in [0.2, 0.25) is 0 Å². The lowest BCUT2D eigenvalue weighted by molar-refractivity contribution is -0.141.